The lowest BCUT2D eigenvalue weighted by molar-refractivity contribution is -0.144. The summed E-state index contributed by atoms with van der Waals surface area (Å²) in [6.45, 7) is 9.46. The van der Waals surface area contributed by atoms with Crippen LogP contribution in [0.3, 0.4) is 0 Å². The van der Waals surface area contributed by atoms with Crippen LogP contribution in [0, 0.1) is 5.92 Å². The summed E-state index contributed by atoms with van der Waals surface area (Å²) in [5.41, 5.74) is 0.812. The van der Waals surface area contributed by atoms with Crippen molar-refractivity contribution < 1.29 is 24.2 Å². The average Bonchev–Trinajstić information content (AvgIpc) is 3.69. The molecule has 3 unspecified atom stereocenters. The smallest absolute Gasteiger partial charge is 0.408 e. The van der Waals surface area contributed by atoms with Crippen LogP contribution in [0.15, 0.2) is 54.6 Å². The van der Waals surface area contributed by atoms with Gasteiger partial charge < -0.3 is 25.4 Å². The first kappa shape index (κ1) is 28.0. The van der Waals surface area contributed by atoms with E-state index in [1.54, 1.807) is 37.8 Å². The highest BCUT2D eigenvalue weighted by Crippen LogP contribution is 2.36. The number of aromatic hydroxyl groups is 1. The van der Waals surface area contributed by atoms with Gasteiger partial charge in [0, 0.05) is 12.6 Å². The normalized spacial score (nSPS) is 15.7. The Morgan fingerprint density at radius 1 is 1.05 bits per heavy atom. The van der Waals surface area contributed by atoms with E-state index in [4.69, 9.17) is 4.74 Å². The number of hydrogen-bond donors (Lipinski definition) is 3. The largest absolute Gasteiger partial charge is 0.508 e. The summed E-state index contributed by atoms with van der Waals surface area (Å²) in [5, 5.41) is 15.6. The fourth-order valence-electron chi connectivity index (χ4n) is 4.13. The molecule has 1 fully saturated rings. The molecular weight excluding hydrogens is 470 g/mol. The molecule has 0 aromatic heterocycles. The molecule has 1 saturated carbocycles. The molecule has 0 bridgehead atoms. The second-order valence-corrected chi connectivity index (χ2v) is 10.7. The fraction of sp³-hybridized carbons (Fsp3) is 0.483. The summed E-state index contributed by atoms with van der Waals surface area (Å²) in [5.74, 6) is -0.764. The van der Waals surface area contributed by atoms with Gasteiger partial charge in [-0.15, -0.1) is 0 Å². The van der Waals surface area contributed by atoms with Gasteiger partial charge in [0.1, 0.15) is 23.4 Å². The van der Waals surface area contributed by atoms with Crippen molar-refractivity contribution in [3.63, 3.8) is 0 Å². The molecule has 8 nitrogen and oxygen atoms in total. The third-order valence-electron chi connectivity index (χ3n) is 6.39. The molecule has 8 heteroatoms. The minimum Gasteiger partial charge on any atom is -0.508 e. The van der Waals surface area contributed by atoms with Crippen LogP contribution in [0.25, 0.3) is 0 Å². The Hall–Kier alpha value is -3.55. The molecule has 1 aliphatic rings. The van der Waals surface area contributed by atoms with E-state index in [9.17, 15) is 19.5 Å². The third kappa shape index (κ3) is 7.97. The lowest BCUT2D eigenvalue weighted by atomic mass is 9.95. The van der Waals surface area contributed by atoms with Gasteiger partial charge in [-0.3, -0.25) is 9.59 Å². The van der Waals surface area contributed by atoms with Gasteiger partial charge in [-0.2, -0.15) is 0 Å². The highest BCUT2D eigenvalue weighted by atomic mass is 16.6. The maximum Gasteiger partial charge on any atom is 0.408 e. The van der Waals surface area contributed by atoms with E-state index in [1.807, 2.05) is 44.2 Å². The van der Waals surface area contributed by atoms with Crippen LogP contribution >= 0.6 is 0 Å². The number of carbonyl (C=O) groups excluding carboxylic acids is 3. The van der Waals surface area contributed by atoms with E-state index < -0.39 is 23.8 Å². The Bertz CT molecular complexity index is 1060. The van der Waals surface area contributed by atoms with Crippen molar-refractivity contribution in [2.75, 3.05) is 0 Å². The van der Waals surface area contributed by atoms with Gasteiger partial charge in [0.15, 0.2) is 0 Å². The number of alkyl carbamates (subject to hydrolysis) is 1. The van der Waals surface area contributed by atoms with E-state index >= 15 is 0 Å². The van der Waals surface area contributed by atoms with Crippen LogP contribution in [0.1, 0.15) is 71.0 Å². The number of nitrogens with zero attached hydrogens (tertiary/aromatic N) is 1. The molecular formula is C29H39N3O5. The second kappa shape index (κ2) is 12.1. The predicted molar refractivity (Wildman–Crippen MR) is 142 cm³/mol. The Morgan fingerprint density at radius 3 is 2.22 bits per heavy atom. The van der Waals surface area contributed by atoms with Crippen LogP contribution in [0.4, 0.5) is 4.79 Å². The molecule has 0 radical (unpaired) electrons. The van der Waals surface area contributed by atoms with Crippen molar-refractivity contribution in [2.45, 2.75) is 84.2 Å². The SMILES string of the molecule is CCC(C)C(NC(=O)OC(C)(C)C)C(=O)N(C1CC1)C(C(=O)NCc1ccccc1)c1ccc(O)cc1. The van der Waals surface area contributed by atoms with Crippen molar-refractivity contribution in [1.82, 2.24) is 15.5 Å². The first-order valence-corrected chi connectivity index (χ1v) is 12.9. The zero-order valence-corrected chi connectivity index (χ0v) is 22.4. The Morgan fingerprint density at radius 2 is 1.68 bits per heavy atom. The number of hydrogen-bond acceptors (Lipinski definition) is 5. The van der Waals surface area contributed by atoms with Crippen molar-refractivity contribution >= 4 is 17.9 Å². The second-order valence-electron chi connectivity index (χ2n) is 10.7. The van der Waals surface area contributed by atoms with Crippen LogP contribution < -0.4 is 10.6 Å². The average molecular weight is 510 g/mol. The van der Waals surface area contributed by atoms with E-state index in [0.29, 0.717) is 18.5 Å². The lowest BCUT2D eigenvalue weighted by Gasteiger charge is -2.36. The molecule has 1 aliphatic carbocycles. The van der Waals surface area contributed by atoms with Crippen LogP contribution in [-0.4, -0.2) is 45.6 Å². The number of rotatable bonds is 10. The number of ether oxygens (including phenoxy) is 1. The molecule has 0 spiro atoms. The molecule has 2 aromatic carbocycles. The highest BCUT2D eigenvalue weighted by Gasteiger charge is 2.45. The standard InChI is InChI=1S/C29H39N3O5/c1-6-19(2)24(31-28(36)37-29(3,4)5)27(35)32(22-14-15-22)25(21-12-16-23(33)17-13-21)26(34)30-18-20-10-8-7-9-11-20/h7-13,16-17,19,22,24-25,33H,6,14-15,18H2,1-5H3,(H,30,34)(H,31,36). The summed E-state index contributed by atoms with van der Waals surface area (Å²) in [7, 11) is 0. The van der Waals surface area contributed by atoms with Gasteiger partial charge in [0.25, 0.3) is 0 Å². The number of nitrogens with one attached hydrogen (secondary N) is 2. The quantitative estimate of drug-likeness (QED) is 0.431. The maximum atomic E-state index is 14.1. The minimum absolute atomic E-state index is 0.0700. The predicted octanol–water partition coefficient (Wildman–Crippen LogP) is 4.68. The van der Waals surface area contributed by atoms with Crippen LogP contribution in [0.5, 0.6) is 5.75 Å². The summed E-state index contributed by atoms with van der Waals surface area (Å²) in [6.07, 6.45) is 1.52. The third-order valence-corrected chi connectivity index (χ3v) is 6.39. The van der Waals surface area contributed by atoms with E-state index in [0.717, 1.165) is 18.4 Å². The van der Waals surface area contributed by atoms with Crippen LogP contribution in [0.2, 0.25) is 0 Å². The number of phenolic OH excluding ortho intramolecular Hbond substituents is 1. The molecule has 2 aromatic rings. The van der Waals surface area contributed by atoms with Gasteiger partial charge in [-0.05, 0) is 62.8 Å². The maximum absolute atomic E-state index is 14.1. The molecule has 3 N–H and O–H groups in total. The molecule has 37 heavy (non-hydrogen) atoms. The van der Waals surface area contributed by atoms with Gasteiger partial charge >= 0.3 is 6.09 Å². The monoisotopic (exact) mass is 509 g/mol. The number of phenols is 1. The number of amides is 3. The molecule has 0 saturated heterocycles. The molecule has 3 atom stereocenters. The zero-order valence-electron chi connectivity index (χ0n) is 22.4. The lowest BCUT2D eigenvalue weighted by Crippen LogP contribution is -2.55. The molecule has 3 amide bonds. The summed E-state index contributed by atoms with van der Waals surface area (Å²) in [4.78, 5) is 42.1. The summed E-state index contributed by atoms with van der Waals surface area (Å²) < 4.78 is 5.43. The van der Waals surface area contributed by atoms with Crippen molar-refractivity contribution in [2.24, 2.45) is 5.92 Å². The van der Waals surface area contributed by atoms with E-state index in [2.05, 4.69) is 10.6 Å². The van der Waals surface area contributed by atoms with E-state index in [-0.39, 0.29) is 29.5 Å². The van der Waals surface area contributed by atoms with Gasteiger partial charge in [0.2, 0.25) is 11.8 Å². The molecule has 3 rings (SSSR count). The Kier molecular flexibility index (Phi) is 9.18. The highest BCUT2D eigenvalue weighted by molar-refractivity contribution is 5.92. The van der Waals surface area contributed by atoms with Gasteiger partial charge in [0.05, 0.1) is 0 Å². The summed E-state index contributed by atoms with van der Waals surface area (Å²) >= 11 is 0. The van der Waals surface area contributed by atoms with Gasteiger partial charge in [-0.1, -0.05) is 62.7 Å². The summed E-state index contributed by atoms with van der Waals surface area (Å²) in [6, 6.07) is 14.0. The molecule has 0 aliphatic heterocycles. The Balaban J connectivity index is 1.93. The minimum atomic E-state index is -0.920. The van der Waals surface area contributed by atoms with Crippen molar-refractivity contribution in [3.05, 3.63) is 65.7 Å². The first-order chi connectivity index (χ1) is 17.5. The number of benzene rings is 2. The zero-order chi connectivity index (χ0) is 27.2. The van der Waals surface area contributed by atoms with Gasteiger partial charge in [-0.25, -0.2) is 4.79 Å². The van der Waals surface area contributed by atoms with Crippen LogP contribution in [-0.2, 0) is 20.9 Å². The Labute approximate surface area is 219 Å². The molecule has 200 valence electrons. The number of carbonyl (C=O) groups is 3. The molecule has 0 heterocycles. The first-order valence-electron chi connectivity index (χ1n) is 12.9. The van der Waals surface area contributed by atoms with Crippen molar-refractivity contribution in [1.29, 1.82) is 0 Å². The topological polar surface area (TPSA) is 108 Å². The van der Waals surface area contributed by atoms with Crippen molar-refractivity contribution in [3.8, 4) is 5.75 Å². The fourth-order valence-corrected chi connectivity index (χ4v) is 4.13. The van der Waals surface area contributed by atoms with E-state index in [1.165, 1.54) is 12.1 Å².